The molecule has 1 fully saturated rings. The van der Waals surface area contributed by atoms with Crippen molar-refractivity contribution in [2.75, 3.05) is 13.1 Å². The van der Waals surface area contributed by atoms with Gasteiger partial charge in [-0.05, 0) is 54.1 Å². The smallest absolute Gasteiger partial charge is 0.252 e. The molecule has 0 aliphatic carbocycles. The van der Waals surface area contributed by atoms with Crippen molar-refractivity contribution in [1.82, 2.24) is 10.6 Å². The Morgan fingerprint density at radius 3 is 2.74 bits per heavy atom. The minimum atomic E-state index is -1.00. The van der Waals surface area contributed by atoms with Crippen molar-refractivity contribution in [2.45, 2.75) is 18.9 Å². The average Bonchev–Trinajstić information content (AvgIpc) is 2.84. The molecule has 1 amide bonds. The molecular formula is C12H14ClF2IN2O. The van der Waals surface area contributed by atoms with E-state index in [1.54, 1.807) is 0 Å². The number of hydrogen-bond donors (Lipinski definition) is 2. The molecule has 1 aromatic carbocycles. The van der Waals surface area contributed by atoms with Crippen LogP contribution in [0.25, 0.3) is 0 Å². The fraction of sp³-hybridized carbons (Fsp3) is 0.417. The summed E-state index contributed by atoms with van der Waals surface area (Å²) in [6, 6.07) is 2.24. The quantitative estimate of drug-likeness (QED) is 0.602. The summed E-state index contributed by atoms with van der Waals surface area (Å²) < 4.78 is 26.4. The summed E-state index contributed by atoms with van der Waals surface area (Å²) in [5.74, 6) is -2.31. The monoisotopic (exact) mass is 402 g/mol. The summed E-state index contributed by atoms with van der Waals surface area (Å²) in [5, 5.41) is 5.98. The van der Waals surface area contributed by atoms with E-state index in [1.807, 2.05) is 22.6 Å². The molecule has 3 nitrogen and oxygen atoms in total. The Balaban J connectivity index is 0.00000180. The minimum absolute atomic E-state index is 0. The topological polar surface area (TPSA) is 41.1 Å². The Morgan fingerprint density at radius 2 is 2.11 bits per heavy atom. The molecule has 1 unspecified atom stereocenters. The number of benzene rings is 1. The summed E-state index contributed by atoms with van der Waals surface area (Å²) in [7, 11) is 0. The predicted molar refractivity (Wildman–Crippen MR) is 79.7 cm³/mol. The van der Waals surface area contributed by atoms with Crippen LogP contribution in [0.2, 0.25) is 0 Å². The standard InChI is InChI=1S/C12H13F2IN2O.ClH/c13-9-4-8(11(15)5-10(9)14)12(18)17-6-7-2-1-3-16-7;/h4-5,7,16H,1-3,6H2,(H,17,18);1H. The zero-order valence-corrected chi connectivity index (χ0v) is 13.0. The van der Waals surface area contributed by atoms with Gasteiger partial charge in [0.15, 0.2) is 11.6 Å². The van der Waals surface area contributed by atoms with Crippen LogP contribution in [-0.4, -0.2) is 25.0 Å². The molecule has 0 bridgehead atoms. The van der Waals surface area contributed by atoms with Gasteiger partial charge in [-0.3, -0.25) is 4.79 Å². The van der Waals surface area contributed by atoms with Gasteiger partial charge < -0.3 is 10.6 Å². The third-order valence-corrected chi connectivity index (χ3v) is 3.82. The van der Waals surface area contributed by atoms with E-state index in [0.717, 1.165) is 31.5 Å². The summed E-state index contributed by atoms with van der Waals surface area (Å²) >= 11 is 1.82. The van der Waals surface area contributed by atoms with Crippen molar-refractivity contribution >= 4 is 40.9 Å². The molecule has 1 aromatic rings. The molecule has 2 rings (SSSR count). The molecule has 7 heteroatoms. The number of amides is 1. The van der Waals surface area contributed by atoms with Gasteiger partial charge in [-0.1, -0.05) is 0 Å². The molecule has 0 spiro atoms. The van der Waals surface area contributed by atoms with Crippen LogP contribution in [0.5, 0.6) is 0 Å². The van der Waals surface area contributed by atoms with Gasteiger partial charge >= 0.3 is 0 Å². The van der Waals surface area contributed by atoms with Crippen molar-refractivity contribution in [3.05, 3.63) is 32.9 Å². The number of carbonyl (C=O) groups is 1. The maximum absolute atomic E-state index is 13.1. The normalized spacial score (nSPS) is 17.9. The molecule has 106 valence electrons. The maximum Gasteiger partial charge on any atom is 0.252 e. The Labute approximate surface area is 130 Å². The van der Waals surface area contributed by atoms with E-state index in [9.17, 15) is 13.6 Å². The van der Waals surface area contributed by atoms with Gasteiger partial charge in [0.2, 0.25) is 0 Å². The number of hydrogen-bond acceptors (Lipinski definition) is 2. The molecule has 0 radical (unpaired) electrons. The number of halogens is 4. The highest BCUT2D eigenvalue weighted by molar-refractivity contribution is 14.1. The van der Waals surface area contributed by atoms with E-state index in [1.165, 1.54) is 0 Å². The van der Waals surface area contributed by atoms with Gasteiger partial charge in [0.1, 0.15) is 0 Å². The lowest BCUT2D eigenvalue weighted by Gasteiger charge is -2.12. The molecule has 1 saturated heterocycles. The highest BCUT2D eigenvalue weighted by Gasteiger charge is 2.18. The second kappa shape index (κ2) is 7.35. The van der Waals surface area contributed by atoms with Gasteiger partial charge in [0.05, 0.1) is 5.56 Å². The Kier molecular flexibility index (Phi) is 6.41. The van der Waals surface area contributed by atoms with E-state index < -0.39 is 11.6 Å². The second-order valence-corrected chi connectivity index (χ2v) is 5.41. The van der Waals surface area contributed by atoms with Crippen molar-refractivity contribution in [3.8, 4) is 0 Å². The van der Waals surface area contributed by atoms with Crippen molar-refractivity contribution in [3.63, 3.8) is 0 Å². The predicted octanol–water partition coefficient (Wildman–Crippen LogP) is 2.47. The van der Waals surface area contributed by atoms with Crippen LogP contribution >= 0.6 is 35.0 Å². The van der Waals surface area contributed by atoms with Crippen LogP contribution < -0.4 is 10.6 Å². The van der Waals surface area contributed by atoms with E-state index in [2.05, 4.69) is 10.6 Å². The lowest BCUT2D eigenvalue weighted by atomic mass is 10.2. The molecule has 19 heavy (non-hydrogen) atoms. The van der Waals surface area contributed by atoms with Crippen molar-refractivity contribution < 1.29 is 13.6 Å². The zero-order chi connectivity index (χ0) is 13.1. The van der Waals surface area contributed by atoms with E-state index in [0.29, 0.717) is 10.1 Å². The van der Waals surface area contributed by atoms with E-state index in [4.69, 9.17) is 0 Å². The van der Waals surface area contributed by atoms with Gasteiger partial charge in [-0.25, -0.2) is 8.78 Å². The number of carbonyl (C=O) groups excluding carboxylic acids is 1. The van der Waals surface area contributed by atoms with Gasteiger partial charge in [0.25, 0.3) is 5.91 Å². The van der Waals surface area contributed by atoms with Crippen LogP contribution in [0.3, 0.4) is 0 Å². The minimum Gasteiger partial charge on any atom is -0.350 e. The molecule has 1 aliphatic heterocycles. The van der Waals surface area contributed by atoms with Gasteiger partial charge in [0, 0.05) is 16.2 Å². The molecule has 2 N–H and O–H groups in total. The Morgan fingerprint density at radius 1 is 1.42 bits per heavy atom. The molecule has 1 atom stereocenters. The van der Waals surface area contributed by atoms with Gasteiger partial charge in [-0.15, -0.1) is 12.4 Å². The largest absolute Gasteiger partial charge is 0.350 e. The van der Waals surface area contributed by atoms with Crippen LogP contribution in [-0.2, 0) is 0 Å². The molecule has 0 aromatic heterocycles. The van der Waals surface area contributed by atoms with Crippen LogP contribution in [0.15, 0.2) is 12.1 Å². The Hall–Kier alpha value is -0.470. The zero-order valence-electron chi connectivity index (χ0n) is 10.0. The highest BCUT2D eigenvalue weighted by atomic mass is 127. The molecule has 0 saturated carbocycles. The Bertz CT molecular complexity index is 467. The second-order valence-electron chi connectivity index (χ2n) is 4.25. The van der Waals surface area contributed by atoms with E-state index >= 15 is 0 Å². The first-order chi connectivity index (χ1) is 8.58. The average molecular weight is 403 g/mol. The SMILES string of the molecule is Cl.O=C(NCC1CCCN1)c1cc(F)c(F)cc1I. The highest BCUT2D eigenvalue weighted by Crippen LogP contribution is 2.17. The first-order valence-corrected chi connectivity index (χ1v) is 6.82. The van der Waals surface area contributed by atoms with Crippen molar-refractivity contribution in [2.24, 2.45) is 0 Å². The third kappa shape index (κ3) is 4.25. The lowest BCUT2D eigenvalue weighted by Crippen LogP contribution is -2.37. The molecular weight excluding hydrogens is 388 g/mol. The van der Waals surface area contributed by atoms with Gasteiger partial charge in [-0.2, -0.15) is 0 Å². The number of rotatable bonds is 3. The third-order valence-electron chi connectivity index (χ3n) is 2.93. The van der Waals surface area contributed by atoms with Crippen molar-refractivity contribution in [1.29, 1.82) is 0 Å². The van der Waals surface area contributed by atoms with Crippen LogP contribution in [0.4, 0.5) is 8.78 Å². The van der Waals surface area contributed by atoms with Crippen LogP contribution in [0.1, 0.15) is 23.2 Å². The summed E-state index contributed by atoms with van der Waals surface area (Å²) in [6.07, 6.45) is 2.12. The summed E-state index contributed by atoms with van der Waals surface area (Å²) in [4.78, 5) is 11.9. The molecule has 1 aliphatic rings. The van der Waals surface area contributed by atoms with Crippen LogP contribution in [0, 0.1) is 15.2 Å². The fourth-order valence-corrected chi connectivity index (χ4v) is 2.61. The maximum atomic E-state index is 13.1. The lowest BCUT2D eigenvalue weighted by molar-refractivity contribution is 0.0949. The summed E-state index contributed by atoms with van der Waals surface area (Å²) in [5.41, 5.74) is 0.174. The molecule has 1 heterocycles. The first-order valence-electron chi connectivity index (χ1n) is 5.74. The fourth-order valence-electron chi connectivity index (χ4n) is 1.94. The number of nitrogens with one attached hydrogen (secondary N) is 2. The first kappa shape index (κ1) is 16.6. The van der Waals surface area contributed by atoms with E-state index in [-0.39, 0.29) is 29.9 Å². The summed E-state index contributed by atoms with van der Waals surface area (Å²) in [6.45, 7) is 1.47.